The third kappa shape index (κ3) is 51.7. The first-order valence-corrected chi connectivity index (χ1v) is 27.4. The van der Waals surface area contributed by atoms with Crippen molar-refractivity contribution in [2.75, 3.05) is 13.2 Å². The molecule has 0 aliphatic carbocycles. The lowest BCUT2D eigenvalue weighted by atomic mass is 10.1. The van der Waals surface area contributed by atoms with Gasteiger partial charge in [-0.15, -0.1) is 0 Å². The molecule has 0 radical (unpaired) electrons. The van der Waals surface area contributed by atoms with Crippen LogP contribution in [0.25, 0.3) is 0 Å². The quantitative estimate of drug-likeness (QED) is 0.0262. The highest BCUT2D eigenvalue weighted by atomic mass is 16.6. The maximum Gasteiger partial charge on any atom is 0.306 e. The molecule has 0 amide bonds. The van der Waals surface area contributed by atoms with E-state index >= 15 is 0 Å². The van der Waals surface area contributed by atoms with E-state index in [0.29, 0.717) is 19.3 Å². The van der Waals surface area contributed by atoms with Gasteiger partial charge in [0.15, 0.2) is 6.10 Å². The number of ether oxygens (including phenoxy) is 3. The van der Waals surface area contributed by atoms with E-state index in [1.54, 1.807) is 0 Å². The molecule has 0 fully saturated rings. The van der Waals surface area contributed by atoms with E-state index in [1.165, 1.54) is 116 Å². The third-order valence-electron chi connectivity index (χ3n) is 11.7. The molecule has 6 heteroatoms. The summed E-state index contributed by atoms with van der Waals surface area (Å²) in [5.74, 6) is -0.934. The highest BCUT2D eigenvalue weighted by molar-refractivity contribution is 5.71. The summed E-state index contributed by atoms with van der Waals surface area (Å²) in [4.78, 5) is 38.1. The van der Waals surface area contributed by atoms with Crippen molar-refractivity contribution >= 4 is 17.9 Å². The van der Waals surface area contributed by atoms with Crippen molar-refractivity contribution in [2.24, 2.45) is 0 Å². The van der Waals surface area contributed by atoms with Crippen LogP contribution in [0, 0.1) is 0 Å². The van der Waals surface area contributed by atoms with Gasteiger partial charge < -0.3 is 14.2 Å². The molecule has 65 heavy (non-hydrogen) atoms. The van der Waals surface area contributed by atoms with Gasteiger partial charge in [-0.25, -0.2) is 0 Å². The highest BCUT2D eigenvalue weighted by Gasteiger charge is 2.19. The molecule has 0 bridgehead atoms. The van der Waals surface area contributed by atoms with E-state index in [-0.39, 0.29) is 31.1 Å². The molecule has 374 valence electrons. The minimum atomic E-state index is -0.795. The average Bonchev–Trinajstić information content (AvgIpc) is 3.30. The number of esters is 3. The van der Waals surface area contributed by atoms with E-state index < -0.39 is 6.10 Å². The first-order chi connectivity index (χ1) is 32.0. The standard InChI is InChI=1S/C59H102O6/c1-4-7-10-13-16-19-22-25-27-29-30-32-34-37-40-43-46-49-52-58(61)64-55-56(54-63-57(60)51-48-45-42-39-36-33-24-21-18-15-12-9-6-3)65-59(62)53-50-47-44-41-38-35-31-28-26-23-20-17-14-11-8-5-2/h9,12,18-19,21-22,27-29,31,33,36,56H,4-8,10-11,13-17,20,23-26,30,32,34-35,37-55H2,1-3H3/b12-9-,21-18-,22-19-,29-27-,31-28-,36-33-. The van der Waals surface area contributed by atoms with Crippen LogP contribution in [0.1, 0.15) is 265 Å². The number of allylic oxidation sites excluding steroid dienone is 12. The van der Waals surface area contributed by atoms with Gasteiger partial charge in [-0.3, -0.25) is 14.4 Å². The van der Waals surface area contributed by atoms with Crippen LogP contribution in [0.5, 0.6) is 0 Å². The zero-order chi connectivity index (χ0) is 47.2. The number of hydrogen-bond donors (Lipinski definition) is 0. The minimum Gasteiger partial charge on any atom is -0.462 e. The summed E-state index contributed by atoms with van der Waals surface area (Å²) >= 11 is 0. The Labute approximate surface area is 402 Å². The predicted molar refractivity (Wildman–Crippen MR) is 279 cm³/mol. The summed E-state index contributed by atoms with van der Waals surface area (Å²) in [7, 11) is 0. The summed E-state index contributed by atoms with van der Waals surface area (Å²) in [6.07, 6.45) is 67.4. The Morgan fingerprint density at radius 3 is 0.985 bits per heavy atom. The van der Waals surface area contributed by atoms with Crippen molar-refractivity contribution in [3.8, 4) is 0 Å². The Hall–Kier alpha value is -3.15. The molecule has 0 spiro atoms. The Bertz CT molecular complexity index is 1230. The third-order valence-corrected chi connectivity index (χ3v) is 11.7. The van der Waals surface area contributed by atoms with Crippen LogP contribution >= 0.6 is 0 Å². The van der Waals surface area contributed by atoms with Crippen molar-refractivity contribution < 1.29 is 28.6 Å². The van der Waals surface area contributed by atoms with Crippen LogP contribution in [-0.2, 0) is 28.6 Å². The van der Waals surface area contributed by atoms with Crippen molar-refractivity contribution in [1.82, 2.24) is 0 Å². The van der Waals surface area contributed by atoms with E-state index in [0.717, 1.165) is 109 Å². The highest BCUT2D eigenvalue weighted by Crippen LogP contribution is 2.14. The predicted octanol–water partition coefficient (Wildman–Crippen LogP) is 18.2. The molecule has 0 aliphatic rings. The Kier molecular flexibility index (Phi) is 50.9. The fraction of sp³-hybridized carbons (Fsp3) is 0.746. The van der Waals surface area contributed by atoms with Gasteiger partial charge in [0, 0.05) is 19.3 Å². The van der Waals surface area contributed by atoms with Gasteiger partial charge >= 0.3 is 17.9 Å². The molecular formula is C59H102O6. The lowest BCUT2D eigenvalue weighted by Gasteiger charge is -2.18. The molecule has 0 aromatic rings. The second kappa shape index (κ2) is 53.5. The van der Waals surface area contributed by atoms with E-state index in [2.05, 4.69) is 93.7 Å². The number of carbonyl (C=O) groups is 3. The second-order valence-electron chi connectivity index (χ2n) is 18.1. The molecule has 0 aliphatic heterocycles. The van der Waals surface area contributed by atoms with E-state index in [1.807, 2.05) is 0 Å². The maximum atomic E-state index is 12.8. The van der Waals surface area contributed by atoms with Crippen LogP contribution < -0.4 is 0 Å². The SMILES string of the molecule is CC/C=C\C/C=C\C/C=C\CCCCCC(=O)OCC(COC(=O)CCCCCCCCC/C=C\C/C=C\CCCCCC)OC(=O)CCCCCCC/C=C\CCCCCCCCC. The Morgan fingerprint density at radius 1 is 0.323 bits per heavy atom. The normalized spacial score (nSPS) is 12.6. The fourth-order valence-corrected chi connectivity index (χ4v) is 7.54. The van der Waals surface area contributed by atoms with Crippen LogP contribution in [0.15, 0.2) is 72.9 Å². The van der Waals surface area contributed by atoms with E-state index in [4.69, 9.17) is 14.2 Å². The number of carbonyl (C=O) groups excluding carboxylic acids is 3. The van der Waals surface area contributed by atoms with Crippen LogP contribution in [-0.4, -0.2) is 37.2 Å². The minimum absolute atomic E-state index is 0.0922. The van der Waals surface area contributed by atoms with Gasteiger partial charge in [0.05, 0.1) is 0 Å². The molecule has 0 N–H and O–H groups in total. The molecule has 0 saturated carbocycles. The molecule has 1 atom stereocenters. The molecule has 0 rings (SSSR count). The zero-order valence-corrected chi connectivity index (χ0v) is 42.7. The summed E-state index contributed by atoms with van der Waals surface area (Å²) in [5, 5.41) is 0. The van der Waals surface area contributed by atoms with Crippen molar-refractivity contribution in [2.45, 2.75) is 271 Å². The first-order valence-electron chi connectivity index (χ1n) is 27.4. The van der Waals surface area contributed by atoms with Crippen LogP contribution in [0.3, 0.4) is 0 Å². The van der Waals surface area contributed by atoms with Crippen LogP contribution in [0.4, 0.5) is 0 Å². The molecular weight excluding hydrogens is 805 g/mol. The van der Waals surface area contributed by atoms with Crippen LogP contribution in [0.2, 0.25) is 0 Å². The van der Waals surface area contributed by atoms with E-state index in [9.17, 15) is 14.4 Å². The lowest BCUT2D eigenvalue weighted by Crippen LogP contribution is -2.30. The fourth-order valence-electron chi connectivity index (χ4n) is 7.54. The summed E-state index contributed by atoms with van der Waals surface area (Å²) in [6.45, 7) is 6.48. The van der Waals surface area contributed by atoms with Gasteiger partial charge in [-0.2, -0.15) is 0 Å². The Morgan fingerprint density at radius 2 is 0.600 bits per heavy atom. The Balaban J connectivity index is 4.42. The van der Waals surface area contributed by atoms with Gasteiger partial charge in [0.1, 0.15) is 13.2 Å². The average molecular weight is 907 g/mol. The monoisotopic (exact) mass is 907 g/mol. The zero-order valence-electron chi connectivity index (χ0n) is 42.7. The van der Waals surface area contributed by atoms with Gasteiger partial charge in [-0.05, 0) is 109 Å². The second-order valence-corrected chi connectivity index (χ2v) is 18.1. The van der Waals surface area contributed by atoms with Crippen molar-refractivity contribution in [3.05, 3.63) is 72.9 Å². The van der Waals surface area contributed by atoms with Gasteiger partial charge in [0.25, 0.3) is 0 Å². The summed E-state index contributed by atoms with van der Waals surface area (Å²) < 4.78 is 16.8. The van der Waals surface area contributed by atoms with Crippen molar-refractivity contribution in [1.29, 1.82) is 0 Å². The smallest absolute Gasteiger partial charge is 0.306 e. The number of hydrogen-bond acceptors (Lipinski definition) is 6. The number of rotatable bonds is 49. The molecule has 1 unspecified atom stereocenters. The summed E-state index contributed by atoms with van der Waals surface area (Å²) in [6, 6.07) is 0. The lowest BCUT2D eigenvalue weighted by molar-refractivity contribution is -0.167. The first kappa shape index (κ1) is 61.9. The number of unbranched alkanes of at least 4 members (excludes halogenated alkanes) is 26. The summed E-state index contributed by atoms with van der Waals surface area (Å²) in [5.41, 5.74) is 0. The maximum absolute atomic E-state index is 12.8. The molecule has 0 heterocycles. The molecule has 6 nitrogen and oxygen atoms in total. The van der Waals surface area contributed by atoms with Gasteiger partial charge in [0.2, 0.25) is 0 Å². The molecule has 0 saturated heterocycles. The largest absolute Gasteiger partial charge is 0.462 e. The van der Waals surface area contributed by atoms with Gasteiger partial charge in [-0.1, -0.05) is 209 Å². The topological polar surface area (TPSA) is 78.9 Å². The molecule has 0 aromatic carbocycles. The van der Waals surface area contributed by atoms with Crippen molar-refractivity contribution in [3.63, 3.8) is 0 Å². The molecule has 0 aromatic heterocycles.